The number of β-amino-alcohol motifs (C(OH)–C–C–N with tert-alkyl or cyclic N) is 1. The first-order valence-electron chi connectivity index (χ1n) is 6.31. The minimum Gasteiger partial charge on any atom is -0.478 e. The van der Waals surface area contributed by atoms with E-state index in [1.807, 2.05) is 4.90 Å². The summed E-state index contributed by atoms with van der Waals surface area (Å²) in [6, 6.07) is 3.33. The van der Waals surface area contributed by atoms with Gasteiger partial charge in [0.15, 0.2) is 0 Å². The second kappa shape index (κ2) is 4.93. The molecule has 0 aromatic carbocycles. The minimum absolute atomic E-state index is 0.123. The molecule has 0 saturated carbocycles. The molecule has 7 nitrogen and oxygen atoms in total. The maximum Gasteiger partial charge on any atom is 0.337 e. The maximum absolute atomic E-state index is 11.1. The number of rotatable bonds is 3. The fourth-order valence-electron chi connectivity index (χ4n) is 2.36. The zero-order valence-electron chi connectivity index (χ0n) is 10.7. The van der Waals surface area contributed by atoms with Crippen molar-refractivity contribution in [3.05, 3.63) is 30.1 Å². The van der Waals surface area contributed by atoms with Crippen LogP contribution < -0.4 is 4.90 Å². The van der Waals surface area contributed by atoms with E-state index in [1.165, 1.54) is 6.20 Å². The number of hydrogen-bond acceptors (Lipinski definition) is 5. The Morgan fingerprint density at radius 2 is 2.35 bits per heavy atom. The normalized spacial score (nSPS) is 18.4. The summed E-state index contributed by atoms with van der Waals surface area (Å²) in [5, 5.41) is 25.4. The van der Waals surface area contributed by atoms with E-state index in [2.05, 4.69) is 15.2 Å². The third-order valence-electron chi connectivity index (χ3n) is 3.37. The van der Waals surface area contributed by atoms with Crippen molar-refractivity contribution in [1.82, 2.24) is 15.2 Å². The van der Waals surface area contributed by atoms with Gasteiger partial charge in [-0.25, -0.2) is 9.78 Å². The molecule has 1 fully saturated rings. The molecule has 2 aromatic rings. The molecule has 0 radical (unpaired) electrons. The van der Waals surface area contributed by atoms with Crippen LogP contribution in [0.3, 0.4) is 0 Å². The van der Waals surface area contributed by atoms with Crippen LogP contribution in [0.5, 0.6) is 0 Å². The van der Waals surface area contributed by atoms with Gasteiger partial charge in [0, 0.05) is 31.0 Å². The molecule has 1 aliphatic rings. The lowest BCUT2D eigenvalue weighted by atomic mass is 10.1. The van der Waals surface area contributed by atoms with Crippen molar-refractivity contribution in [1.29, 1.82) is 0 Å². The van der Waals surface area contributed by atoms with Gasteiger partial charge >= 0.3 is 5.97 Å². The first-order chi connectivity index (χ1) is 9.65. The van der Waals surface area contributed by atoms with Crippen molar-refractivity contribution >= 4 is 11.8 Å². The number of nitrogens with zero attached hydrogens (tertiary/aromatic N) is 3. The van der Waals surface area contributed by atoms with Gasteiger partial charge in [-0.3, -0.25) is 5.10 Å². The van der Waals surface area contributed by atoms with Crippen molar-refractivity contribution < 1.29 is 15.0 Å². The van der Waals surface area contributed by atoms with Gasteiger partial charge in [0.25, 0.3) is 0 Å². The Labute approximate surface area is 114 Å². The number of aromatic amines is 1. The Kier molecular flexibility index (Phi) is 3.11. The van der Waals surface area contributed by atoms with Gasteiger partial charge in [0.2, 0.25) is 0 Å². The van der Waals surface area contributed by atoms with Gasteiger partial charge < -0.3 is 15.1 Å². The molecular weight excluding hydrogens is 260 g/mol. The average molecular weight is 274 g/mol. The topological polar surface area (TPSA) is 102 Å². The molecule has 3 N–H and O–H groups in total. The maximum atomic E-state index is 11.1. The molecule has 20 heavy (non-hydrogen) atoms. The quantitative estimate of drug-likeness (QED) is 0.763. The highest BCUT2D eigenvalue weighted by Gasteiger charge is 2.25. The highest BCUT2D eigenvalue weighted by molar-refractivity contribution is 5.90. The summed E-state index contributed by atoms with van der Waals surface area (Å²) in [6.45, 7) is 1.20. The number of carboxylic acids is 1. The molecule has 1 atom stereocenters. The monoisotopic (exact) mass is 274 g/mol. The molecule has 7 heteroatoms. The van der Waals surface area contributed by atoms with E-state index in [0.717, 1.165) is 0 Å². The SMILES string of the molecule is O=C(O)c1cnc(N2CC[C@@H](O)C2)c(-c2ccn[nH]2)c1. The van der Waals surface area contributed by atoms with Crippen molar-refractivity contribution in [3.8, 4) is 11.3 Å². The van der Waals surface area contributed by atoms with Crippen molar-refractivity contribution in [2.75, 3.05) is 18.0 Å². The summed E-state index contributed by atoms with van der Waals surface area (Å²) in [5.41, 5.74) is 1.51. The van der Waals surface area contributed by atoms with Crippen LogP contribution in [0.2, 0.25) is 0 Å². The predicted octanol–water partition coefficient (Wildman–Crippen LogP) is 0.741. The Hall–Kier alpha value is -2.41. The van der Waals surface area contributed by atoms with E-state index in [9.17, 15) is 9.90 Å². The molecule has 3 heterocycles. The number of aliphatic hydroxyl groups is 1. The lowest BCUT2D eigenvalue weighted by Gasteiger charge is -2.19. The van der Waals surface area contributed by atoms with Crippen LogP contribution in [0.15, 0.2) is 24.5 Å². The van der Waals surface area contributed by atoms with E-state index in [4.69, 9.17) is 5.11 Å². The summed E-state index contributed by atoms with van der Waals surface area (Å²) in [6.07, 6.45) is 3.25. The Bertz CT molecular complexity index is 627. The number of aromatic nitrogens is 3. The molecule has 2 aromatic heterocycles. The number of aliphatic hydroxyl groups excluding tert-OH is 1. The standard InChI is InChI=1S/C13H14N4O3/c18-9-2-4-17(7-9)12-10(11-1-3-15-16-11)5-8(6-14-12)13(19)20/h1,3,5-6,9,18H,2,4,7H2,(H,15,16)(H,19,20)/t9-/m1/s1. The number of anilines is 1. The first kappa shape index (κ1) is 12.6. The predicted molar refractivity (Wildman–Crippen MR) is 71.6 cm³/mol. The van der Waals surface area contributed by atoms with Crippen molar-refractivity contribution in [2.24, 2.45) is 0 Å². The fraction of sp³-hybridized carbons (Fsp3) is 0.308. The van der Waals surface area contributed by atoms with Gasteiger partial charge in [-0.05, 0) is 18.6 Å². The lowest BCUT2D eigenvalue weighted by Crippen LogP contribution is -2.23. The van der Waals surface area contributed by atoms with Crippen LogP contribution >= 0.6 is 0 Å². The van der Waals surface area contributed by atoms with E-state index in [1.54, 1.807) is 18.3 Å². The number of aromatic carboxylic acids is 1. The van der Waals surface area contributed by atoms with E-state index in [0.29, 0.717) is 36.6 Å². The number of hydrogen-bond donors (Lipinski definition) is 3. The van der Waals surface area contributed by atoms with Gasteiger partial charge in [0.05, 0.1) is 17.4 Å². The number of pyridine rings is 1. The van der Waals surface area contributed by atoms with Crippen molar-refractivity contribution in [2.45, 2.75) is 12.5 Å². The molecule has 1 aliphatic heterocycles. The number of H-pyrrole nitrogens is 1. The molecule has 0 amide bonds. The smallest absolute Gasteiger partial charge is 0.337 e. The Balaban J connectivity index is 2.07. The van der Waals surface area contributed by atoms with Gasteiger partial charge in [-0.2, -0.15) is 5.10 Å². The zero-order valence-corrected chi connectivity index (χ0v) is 10.7. The summed E-state index contributed by atoms with van der Waals surface area (Å²) < 4.78 is 0. The fourth-order valence-corrected chi connectivity index (χ4v) is 2.36. The minimum atomic E-state index is -1.02. The molecule has 0 spiro atoms. The van der Waals surface area contributed by atoms with Gasteiger partial charge in [-0.15, -0.1) is 0 Å². The molecule has 0 unspecified atom stereocenters. The second-order valence-corrected chi connectivity index (χ2v) is 4.76. The summed E-state index contributed by atoms with van der Waals surface area (Å²) in [7, 11) is 0. The largest absolute Gasteiger partial charge is 0.478 e. The number of nitrogens with one attached hydrogen (secondary N) is 1. The van der Waals surface area contributed by atoms with E-state index in [-0.39, 0.29) is 11.7 Å². The van der Waals surface area contributed by atoms with E-state index < -0.39 is 5.97 Å². The molecule has 3 rings (SSSR count). The van der Waals surface area contributed by atoms with Crippen LogP contribution in [0.4, 0.5) is 5.82 Å². The van der Waals surface area contributed by atoms with Crippen LogP contribution in [-0.2, 0) is 0 Å². The third kappa shape index (κ3) is 2.23. The summed E-state index contributed by atoms with van der Waals surface area (Å²) >= 11 is 0. The van der Waals surface area contributed by atoms with E-state index >= 15 is 0 Å². The highest BCUT2D eigenvalue weighted by Crippen LogP contribution is 2.30. The zero-order chi connectivity index (χ0) is 14.1. The summed E-state index contributed by atoms with van der Waals surface area (Å²) in [5.74, 6) is -0.359. The summed E-state index contributed by atoms with van der Waals surface area (Å²) in [4.78, 5) is 17.3. The first-order valence-corrected chi connectivity index (χ1v) is 6.31. The number of carboxylic acid groups (broad SMARTS) is 1. The Morgan fingerprint density at radius 1 is 1.50 bits per heavy atom. The van der Waals surface area contributed by atoms with Gasteiger partial charge in [0.1, 0.15) is 5.82 Å². The third-order valence-corrected chi connectivity index (χ3v) is 3.37. The lowest BCUT2D eigenvalue weighted by molar-refractivity contribution is 0.0696. The average Bonchev–Trinajstić information content (AvgIpc) is 3.09. The Morgan fingerprint density at radius 3 is 2.95 bits per heavy atom. The second-order valence-electron chi connectivity index (χ2n) is 4.76. The molecular formula is C13H14N4O3. The van der Waals surface area contributed by atoms with Crippen molar-refractivity contribution in [3.63, 3.8) is 0 Å². The highest BCUT2D eigenvalue weighted by atomic mass is 16.4. The van der Waals surface area contributed by atoms with Crippen LogP contribution in [0, 0.1) is 0 Å². The molecule has 104 valence electrons. The number of carbonyl (C=O) groups is 1. The molecule has 0 aliphatic carbocycles. The molecule has 1 saturated heterocycles. The van der Waals surface area contributed by atoms with Crippen LogP contribution in [0.25, 0.3) is 11.3 Å². The van der Waals surface area contributed by atoms with Crippen LogP contribution in [-0.4, -0.2) is 50.6 Å². The van der Waals surface area contributed by atoms with Gasteiger partial charge in [-0.1, -0.05) is 0 Å². The van der Waals surface area contributed by atoms with Crippen LogP contribution in [0.1, 0.15) is 16.8 Å². The molecule has 0 bridgehead atoms.